The average molecular weight is 319 g/mol. The number of rotatable bonds is 5. The Hall–Kier alpha value is -2.24. The summed E-state index contributed by atoms with van der Waals surface area (Å²) in [6.45, 7) is 0.373. The molecule has 6 heteroatoms. The minimum atomic E-state index is -0.908. The van der Waals surface area contributed by atoms with Crippen LogP contribution in [0.5, 0.6) is 11.5 Å². The Balaban J connectivity index is 1.64. The van der Waals surface area contributed by atoms with Crippen LogP contribution in [-0.4, -0.2) is 48.2 Å². The predicted octanol–water partition coefficient (Wildman–Crippen LogP) is 1.79. The molecule has 2 aliphatic rings. The molecule has 0 unspecified atom stereocenters. The first kappa shape index (κ1) is 15.6. The van der Waals surface area contributed by atoms with E-state index >= 15 is 0 Å². The molecule has 1 aliphatic carbocycles. The number of likely N-dealkylation sites (tertiary alicyclic amines) is 1. The molecule has 23 heavy (non-hydrogen) atoms. The molecule has 0 aromatic heterocycles. The van der Waals surface area contributed by atoms with E-state index in [1.54, 1.807) is 31.4 Å². The lowest BCUT2D eigenvalue weighted by molar-refractivity contribution is -0.150. The largest absolute Gasteiger partial charge is 0.497 e. The minimum Gasteiger partial charge on any atom is -0.497 e. The van der Waals surface area contributed by atoms with E-state index < -0.39 is 12.0 Å². The van der Waals surface area contributed by atoms with Gasteiger partial charge in [-0.15, -0.1) is 0 Å². The second-order valence-corrected chi connectivity index (χ2v) is 6.15. The first-order valence-electron chi connectivity index (χ1n) is 7.89. The van der Waals surface area contributed by atoms with Crippen LogP contribution in [0.3, 0.4) is 0 Å². The van der Waals surface area contributed by atoms with Gasteiger partial charge in [0.1, 0.15) is 17.5 Å². The highest BCUT2D eigenvalue weighted by Crippen LogP contribution is 2.42. The molecule has 1 aromatic rings. The van der Waals surface area contributed by atoms with Gasteiger partial charge in [0.15, 0.2) is 6.61 Å². The Bertz CT molecular complexity index is 602. The Morgan fingerprint density at radius 3 is 2.83 bits per heavy atom. The van der Waals surface area contributed by atoms with Gasteiger partial charge in [-0.05, 0) is 36.8 Å². The number of aliphatic carboxylic acids is 1. The lowest BCUT2D eigenvalue weighted by Gasteiger charge is -2.24. The first-order valence-corrected chi connectivity index (χ1v) is 7.89. The molecule has 0 radical (unpaired) electrons. The summed E-state index contributed by atoms with van der Waals surface area (Å²) in [5, 5.41) is 9.48. The quantitative estimate of drug-likeness (QED) is 0.895. The second-order valence-electron chi connectivity index (χ2n) is 6.15. The van der Waals surface area contributed by atoms with Crippen molar-refractivity contribution in [1.82, 2.24) is 4.90 Å². The molecule has 1 aromatic carbocycles. The number of ether oxygens (including phenoxy) is 2. The van der Waals surface area contributed by atoms with E-state index in [0.717, 1.165) is 19.3 Å². The van der Waals surface area contributed by atoms with E-state index in [9.17, 15) is 14.7 Å². The van der Waals surface area contributed by atoms with Crippen molar-refractivity contribution >= 4 is 11.9 Å². The number of amides is 1. The fraction of sp³-hybridized carbons (Fsp3) is 0.529. The van der Waals surface area contributed by atoms with Gasteiger partial charge < -0.3 is 19.5 Å². The molecule has 2 fully saturated rings. The molecule has 1 saturated heterocycles. The van der Waals surface area contributed by atoms with Crippen LogP contribution in [-0.2, 0) is 9.59 Å². The van der Waals surface area contributed by atoms with Crippen molar-refractivity contribution in [1.29, 1.82) is 0 Å². The summed E-state index contributed by atoms with van der Waals surface area (Å²) in [7, 11) is 1.56. The summed E-state index contributed by atoms with van der Waals surface area (Å²) in [5.74, 6) is 0.409. The van der Waals surface area contributed by atoms with Crippen molar-refractivity contribution in [2.24, 2.45) is 11.8 Å². The van der Waals surface area contributed by atoms with Gasteiger partial charge >= 0.3 is 5.97 Å². The SMILES string of the molecule is COc1cccc(OCC(=O)N2C[C@@H]3CCC[C@@H]3[C@H]2C(=O)O)c1. The molecule has 1 saturated carbocycles. The third-order valence-electron chi connectivity index (χ3n) is 4.87. The Labute approximate surface area is 135 Å². The van der Waals surface area contributed by atoms with Crippen molar-refractivity contribution in [2.45, 2.75) is 25.3 Å². The number of fused-ring (bicyclic) bond motifs is 1. The highest BCUT2D eigenvalue weighted by Gasteiger charge is 2.49. The molecule has 3 atom stereocenters. The maximum atomic E-state index is 12.4. The number of carbonyl (C=O) groups is 2. The molecule has 0 spiro atoms. The van der Waals surface area contributed by atoms with Gasteiger partial charge in [-0.1, -0.05) is 12.5 Å². The molecule has 1 N–H and O–H groups in total. The number of carboxylic acids is 1. The van der Waals surface area contributed by atoms with Crippen molar-refractivity contribution in [3.05, 3.63) is 24.3 Å². The van der Waals surface area contributed by atoms with Gasteiger partial charge in [0.25, 0.3) is 5.91 Å². The number of hydrogen-bond acceptors (Lipinski definition) is 4. The van der Waals surface area contributed by atoms with E-state index in [0.29, 0.717) is 24.0 Å². The number of hydrogen-bond donors (Lipinski definition) is 1. The highest BCUT2D eigenvalue weighted by molar-refractivity contribution is 5.85. The predicted molar refractivity (Wildman–Crippen MR) is 82.5 cm³/mol. The van der Waals surface area contributed by atoms with Gasteiger partial charge in [-0.2, -0.15) is 0 Å². The zero-order chi connectivity index (χ0) is 16.4. The van der Waals surface area contributed by atoms with Crippen molar-refractivity contribution < 1.29 is 24.2 Å². The van der Waals surface area contributed by atoms with E-state index in [1.165, 1.54) is 4.90 Å². The third-order valence-corrected chi connectivity index (χ3v) is 4.87. The van der Waals surface area contributed by atoms with E-state index in [-0.39, 0.29) is 18.4 Å². The number of nitrogens with zero attached hydrogens (tertiary/aromatic N) is 1. The van der Waals surface area contributed by atoms with Crippen LogP contribution < -0.4 is 9.47 Å². The van der Waals surface area contributed by atoms with Crippen molar-refractivity contribution in [2.75, 3.05) is 20.3 Å². The van der Waals surface area contributed by atoms with Crippen LogP contribution in [0.2, 0.25) is 0 Å². The summed E-state index contributed by atoms with van der Waals surface area (Å²) in [5.41, 5.74) is 0. The molecule has 124 valence electrons. The van der Waals surface area contributed by atoms with Crippen LogP contribution in [0.15, 0.2) is 24.3 Å². The molecule has 6 nitrogen and oxygen atoms in total. The van der Waals surface area contributed by atoms with Crippen LogP contribution in [0.25, 0.3) is 0 Å². The number of methoxy groups -OCH3 is 1. The van der Waals surface area contributed by atoms with Crippen LogP contribution in [0, 0.1) is 11.8 Å². The van der Waals surface area contributed by atoms with Gasteiger partial charge in [-0.3, -0.25) is 4.79 Å². The zero-order valence-electron chi connectivity index (χ0n) is 13.1. The highest BCUT2D eigenvalue weighted by atomic mass is 16.5. The smallest absolute Gasteiger partial charge is 0.326 e. The first-order chi connectivity index (χ1) is 11.1. The summed E-state index contributed by atoms with van der Waals surface area (Å²) in [6, 6.07) is 6.29. The molecule has 1 heterocycles. The van der Waals surface area contributed by atoms with Gasteiger partial charge in [-0.25, -0.2) is 4.79 Å². The number of carbonyl (C=O) groups excluding carboxylic acids is 1. The summed E-state index contributed by atoms with van der Waals surface area (Å²) in [4.78, 5) is 25.5. The third kappa shape index (κ3) is 3.11. The summed E-state index contributed by atoms with van der Waals surface area (Å²) >= 11 is 0. The lowest BCUT2D eigenvalue weighted by atomic mass is 9.94. The van der Waals surface area contributed by atoms with Gasteiger partial charge in [0.05, 0.1) is 7.11 Å². The van der Waals surface area contributed by atoms with Crippen molar-refractivity contribution in [3.8, 4) is 11.5 Å². The van der Waals surface area contributed by atoms with Crippen LogP contribution in [0.1, 0.15) is 19.3 Å². The molecule has 0 bridgehead atoms. The average Bonchev–Trinajstić information content (AvgIpc) is 3.13. The fourth-order valence-electron chi connectivity index (χ4n) is 3.80. The van der Waals surface area contributed by atoms with E-state index in [2.05, 4.69) is 0 Å². The maximum absolute atomic E-state index is 12.4. The molecular weight excluding hydrogens is 298 g/mol. The standard InChI is InChI=1S/C17H21NO5/c1-22-12-5-3-6-13(8-12)23-10-15(19)18-9-11-4-2-7-14(11)16(18)17(20)21/h3,5-6,8,11,14,16H,2,4,7,9-10H2,1H3,(H,20,21)/t11-,14-,16-/m0/s1. The monoisotopic (exact) mass is 319 g/mol. The molecule has 3 rings (SSSR count). The number of benzene rings is 1. The lowest BCUT2D eigenvalue weighted by Crippen LogP contribution is -2.45. The van der Waals surface area contributed by atoms with E-state index in [4.69, 9.17) is 9.47 Å². The number of carboxylic acid groups (broad SMARTS) is 1. The second kappa shape index (κ2) is 6.48. The topological polar surface area (TPSA) is 76.1 Å². The molecular formula is C17H21NO5. The van der Waals surface area contributed by atoms with E-state index in [1.807, 2.05) is 0 Å². The van der Waals surface area contributed by atoms with Gasteiger partial charge in [0.2, 0.25) is 0 Å². The van der Waals surface area contributed by atoms with Crippen LogP contribution >= 0.6 is 0 Å². The Kier molecular flexibility index (Phi) is 4.41. The van der Waals surface area contributed by atoms with Gasteiger partial charge in [0, 0.05) is 12.6 Å². The summed E-state index contributed by atoms with van der Waals surface area (Å²) < 4.78 is 10.6. The Morgan fingerprint density at radius 2 is 2.09 bits per heavy atom. The Morgan fingerprint density at radius 1 is 1.30 bits per heavy atom. The van der Waals surface area contributed by atoms with Crippen molar-refractivity contribution in [3.63, 3.8) is 0 Å². The fourth-order valence-corrected chi connectivity index (χ4v) is 3.80. The zero-order valence-corrected chi connectivity index (χ0v) is 13.1. The minimum absolute atomic E-state index is 0.0910. The molecule has 1 amide bonds. The molecule has 1 aliphatic heterocycles. The van der Waals surface area contributed by atoms with Crippen LogP contribution in [0.4, 0.5) is 0 Å². The normalized spacial score (nSPS) is 26.0. The maximum Gasteiger partial charge on any atom is 0.326 e. The summed E-state index contributed by atoms with van der Waals surface area (Å²) in [6.07, 6.45) is 2.96.